The molecule has 0 aliphatic heterocycles. The maximum Gasteiger partial charge on any atom is 0.128 e. The predicted molar refractivity (Wildman–Crippen MR) is 72.1 cm³/mol. The van der Waals surface area contributed by atoms with E-state index in [4.69, 9.17) is 11.6 Å². The first-order chi connectivity index (χ1) is 7.65. The van der Waals surface area contributed by atoms with E-state index >= 15 is 0 Å². The van der Waals surface area contributed by atoms with Gasteiger partial charge in [-0.1, -0.05) is 18.5 Å². The fraction of sp³-hybridized carbons (Fsp3) is 0.727. The van der Waals surface area contributed by atoms with Gasteiger partial charge in [0, 0.05) is 13.1 Å². The van der Waals surface area contributed by atoms with Crippen LogP contribution in [0.3, 0.4) is 0 Å². The summed E-state index contributed by atoms with van der Waals surface area (Å²) in [6.45, 7) is 5.18. The van der Waals surface area contributed by atoms with Crippen LogP contribution in [-0.2, 0) is 13.6 Å². The van der Waals surface area contributed by atoms with Crippen LogP contribution in [0.25, 0.3) is 0 Å². The first kappa shape index (κ1) is 13.9. The van der Waals surface area contributed by atoms with E-state index in [1.54, 1.807) is 6.20 Å². The summed E-state index contributed by atoms with van der Waals surface area (Å²) in [4.78, 5) is 4.25. The number of nitrogens with zero attached hydrogens (tertiary/aromatic N) is 2. The molecule has 0 amide bonds. The summed E-state index contributed by atoms with van der Waals surface area (Å²) in [6, 6.07) is 0.523. The Morgan fingerprint density at radius 3 is 2.94 bits per heavy atom. The van der Waals surface area contributed by atoms with E-state index in [9.17, 15) is 0 Å². The van der Waals surface area contributed by atoms with E-state index in [1.807, 2.05) is 23.4 Å². The smallest absolute Gasteiger partial charge is 0.128 e. The third-order valence-electron chi connectivity index (χ3n) is 2.54. The molecule has 0 saturated carbocycles. The third-order valence-corrected chi connectivity index (χ3v) is 3.82. The molecule has 1 aromatic heterocycles. The lowest BCUT2D eigenvalue weighted by Crippen LogP contribution is -2.27. The summed E-state index contributed by atoms with van der Waals surface area (Å²) in [5.74, 6) is 3.40. The zero-order valence-corrected chi connectivity index (χ0v) is 11.7. The first-order valence-corrected chi connectivity index (χ1v) is 7.15. The molecule has 1 unspecified atom stereocenters. The van der Waals surface area contributed by atoms with E-state index in [0.717, 1.165) is 12.4 Å². The van der Waals surface area contributed by atoms with Gasteiger partial charge in [-0.2, -0.15) is 11.8 Å². The molecule has 3 nitrogen and oxygen atoms in total. The van der Waals surface area contributed by atoms with Crippen molar-refractivity contribution >= 4 is 23.4 Å². The summed E-state index contributed by atoms with van der Waals surface area (Å²) in [7, 11) is 1.93. The second-order valence-corrected chi connectivity index (χ2v) is 5.60. The molecular formula is C11H20ClN3S. The number of rotatable bonds is 7. The van der Waals surface area contributed by atoms with Gasteiger partial charge in [-0.15, -0.1) is 0 Å². The Hall–Kier alpha value is -0.190. The maximum absolute atomic E-state index is 5.92. The van der Waals surface area contributed by atoms with Gasteiger partial charge in [0.1, 0.15) is 11.0 Å². The molecule has 0 bridgehead atoms. The van der Waals surface area contributed by atoms with Gasteiger partial charge in [-0.05, 0) is 24.9 Å². The van der Waals surface area contributed by atoms with E-state index in [2.05, 4.69) is 24.1 Å². The van der Waals surface area contributed by atoms with Gasteiger partial charge >= 0.3 is 0 Å². The van der Waals surface area contributed by atoms with Crippen LogP contribution in [0.15, 0.2) is 6.20 Å². The minimum Gasteiger partial charge on any atom is -0.321 e. The molecule has 0 aliphatic carbocycles. The Kier molecular flexibility index (Phi) is 6.24. The summed E-state index contributed by atoms with van der Waals surface area (Å²) in [6.07, 6.45) is 2.88. The highest BCUT2D eigenvalue weighted by atomic mass is 35.5. The van der Waals surface area contributed by atoms with Crippen molar-refractivity contribution in [2.24, 2.45) is 7.05 Å². The van der Waals surface area contributed by atoms with E-state index in [-0.39, 0.29) is 0 Å². The first-order valence-electron chi connectivity index (χ1n) is 5.62. The second-order valence-electron chi connectivity index (χ2n) is 3.82. The Morgan fingerprint density at radius 1 is 1.62 bits per heavy atom. The molecule has 1 aromatic rings. The molecule has 1 heterocycles. The topological polar surface area (TPSA) is 29.9 Å². The lowest BCUT2D eigenvalue weighted by molar-refractivity contribution is 0.519. The minimum atomic E-state index is 0.523. The van der Waals surface area contributed by atoms with E-state index in [1.165, 1.54) is 17.9 Å². The Bertz CT molecular complexity index is 314. The van der Waals surface area contributed by atoms with E-state index < -0.39 is 0 Å². The zero-order valence-electron chi connectivity index (χ0n) is 10.2. The molecule has 1 rings (SSSR count). The van der Waals surface area contributed by atoms with Gasteiger partial charge in [0.2, 0.25) is 0 Å². The van der Waals surface area contributed by atoms with Gasteiger partial charge in [0.25, 0.3) is 0 Å². The highest BCUT2D eigenvalue weighted by Crippen LogP contribution is 2.09. The normalized spacial score (nSPS) is 13.0. The molecule has 0 spiro atoms. The highest BCUT2D eigenvalue weighted by Gasteiger charge is 2.06. The number of hydrogen-bond acceptors (Lipinski definition) is 3. The molecule has 0 fully saturated rings. The fourth-order valence-corrected chi connectivity index (χ4v) is 2.32. The number of aromatic nitrogens is 2. The van der Waals surface area contributed by atoms with Crippen molar-refractivity contribution in [3.63, 3.8) is 0 Å². The molecular weight excluding hydrogens is 242 g/mol. The molecule has 0 radical (unpaired) electrons. The summed E-state index contributed by atoms with van der Waals surface area (Å²) < 4.78 is 1.90. The van der Waals surface area contributed by atoms with Crippen molar-refractivity contribution in [1.82, 2.24) is 14.9 Å². The number of nitrogens with one attached hydrogen (secondary N) is 1. The van der Waals surface area contributed by atoms with Crippen LogP contribution in [0.2, 0.25) is 5.15 Å². The molecule has 0 saturated heterocycles. The summed E-state index contributed by atoms with van der Waals surface area (Å²) in [5.41, 5.74) is 0. The quantitative estimate of drug-likeness (QED) is 0.766. The maximum atomic E-state index is 5.92. The highest BCUT2D eigenvalue weighted by molar-refractivity contribution is 7.99. The van der Waals surface area contributed by atoms with Gasteiger partial charge in [-0.25, -0.2) is 4.98 Å². The monoisotopic (exact) mass is 261 g/mol. The van der Waals surface area contributed by atoms with Gasteiger partial charge in [-0.3, -0.25) is 0 Å². The summed E-state index contributed by atoms with van der Waals surface area (Å²) >= 11 is 7.90. The Labute approximate surface area is 107 Å². The number of hydrogen-bond donors (Lipinski definition) is 1. The molecule has 0 aliphatic rings. The largest absolute Gasteiger partial charge is 0.321 e. The lowest BCUT2D eigenvalue weighted by Gasteiger charge is -2.13. The second kappa shape index (κ2) is 7.20. The van der Waals surface area contributed by atoms with Gasteiger partial charge < -0.3 is 9.88 Å². The van der Waals surface area contributed by atoms with Gasteiger partial charge in [0.15, 0.2) is 0 Å². The fourth-order valence-electron chi connectivity index (χ4n) is 1.36. The third kappa shape index (κ3) is 4.36. The van der Waals surface area contributed by atoms with Crippen LogP contribution in [0.1, 0.15) is 26.1 Å². The molecule has 1 atom stereocenters. The van der Waals surface area contributed by atoms with Crippen LogP contribution in [0.4, 0.5) is 0 Å². The van der Waals surface area contributed by atoms with Gasteiger partial charge in [0.05, 0.1) is 12.7 Å². The molecule has 1 N–H and O–H groups in total. The van der Waals surface area contributed by atoms with Crippen molar-refractivity contribution in [2.45, 2.75) is 32.9 Å². The average Bonchev–Trinajstić information content (AvgIpc) is 2.58. The molecule has 92 valence electrons. The summed E-state index contributed by atoms with van der Waals surface area (Å²) in [5, 5.41) is 4.14. The molecule has 16 heavy (non-hydrogen) atoms. The molecule has 5 heteroatoms. The SMILES string of the molecule is CCSCCC(C)NCc1ncc(Cl)n1C. The lowest BCUT2D eigenvalue weighted by atomic mass is 10.2. The van der Waals surface area contributed by atoms with Crippen molar-refractivity contribution in [2.75, 3.05) is 11.5 Å². The zero-order chi connectivity index (χ0) is 12.0. The van der Waals surface area contributed by atoms with Crippen LogP contribution in [0.5, 0.6) is 0 Å². The molecule has 0 aromatic carbocycles. The van der Waals surface area contributed by atoms with Crippen molar-refractivity contribution in [3.05, 3.63) is 17.2 Å². The van der Waals surface area contributed by atoms with Crippen LogP contribution in [0, 0.1) is 0 Å². The number of imidazole rings is 1. The Balaban J connectivity index is 2.26. The van der Waals surface area contributed by atoms with Crippen LogP contribution < -0.4 is 5.32 Å². The number of thioether (sulfide) groups is 1. The van der Waals surface area contributed by atoms with Crippen molar-refractivity contribution in [3.8, 4) is 0 Å². The Morgan fingerprint density at radius 2 is 2.38 bits per heavy atom. The van der Waals surface area contributed by atoms with Crippen LogP contribution in [-0.4, -0.2) is 27.1 Å². The standard InChI is InChI=1S/C11H20ClN3S/c1-4-16-6-5-9(2)13-8-11-14-7-10(12)15(11)3/h7,9,13H,4-6,8H2,1-3H3. The average molecular weight is 262 g/mol. The van der Waals surface area contributed by atoms with E-state index in [0.29, 0.717) is 11.2 Å². The van der Waals surface area contributed by atoms with Crippen molar-refractivity contribution in [1.29, 1.82) is 0 Å². The van der Waals surface area contributed by atoms with Crippen molar-refractivity contribution < 1.29 is 0 Å². The van der Waals surface area contributed by atoms with Crippen LogP contribution >= 0.6 is 23.4 Å². The minimum absolute atomic E-state index is 0.523. The number of halogens is 1. The predicted octanol–water partition coefficient (Wildman–Crippen LogP) is 2.69.